The van der Waals surface area contributed by atoms with E-state index in [1.165, 1.54) is 0 Å². The van der Waals surface area contributed by atoms with Crippen molar-refractivity contribution in [3.8, 4) is 0 Å². The Morgan fingerprint density at radius 3 is 2.33 bits per heavy atom. The molecule has 0 heterocycles. The molecular weight excluding hydrogens is 272 g/mol. The highest BCUT2D eigenvalue weighted by Crippen LogP contribution is 2.12. The Morgan fingerprint density at radius 2 is 1.76 bits per heavy atom. The lowest BCUT2D eigenvalue weighted by Crippen LogP contribution is -2.42. The average Bonchev–Trinajstić information content (AvgIpc) is 2.49. The fraction of sp³-hybridized carbons (Fsp3) is 0.400. The molecule has 2 amide bonds. The summed E-state index contributed by atoms with van der Waals surface area (Å²) in [5.74, 6) is -2.63. The molecule has 1 aromatic rings. The van der Waals surface area contributed by atoms with Gasteiger partial charge in [-0.15, -0.1) is 0 Å². The maximum atomic E-state index is 11.7. The molecule has 114 valence electrons. The number of carbonyl (C=O) groups is 3. The van der Waals surface area contributed by atoms with E-state index in [2.05, 4.69) is 10.9 Å². The molecule has 0 aliphatic rings. The molecule has 0 saturated heterocycles. The monoisotopic (exact) mass is 291 g/mol. The van der Waals surface area contributed by atoms with Gasteiger partial charge in [0.05, 0.1) is 0 Å². The van der Waals surface area contributed by atoms with E-state index in [1.807, 2.05) is 6.92 Å². The number of carboxylic acids is 1. The van der Waals surface area contributed by atoms with Crippen LogP contribution in [0.5, 0.6) is 0 Å². The van der Waals surface area contributed by atoms with Crippen LogP contribution >= 0.6 is 0 Å². The van der Waals surface area contributed by atoms with E-state index in [1.54, 1.807) is 30.3 Å². The lowest BCUT2D eigenvalue weighted by molar-refractivity contribution is -0.312. The quantitative estimate of drug-likeness (QED) is 0.710. The molecule has 0 unspecified atom stereocenters. The summed E-state index contributed by atoms with van der Waals surface area (Å²) in [6.07, 6.45) is 1.41. The van der Waals surface area contributed by atoms with Gasteiger partial charge in [0.2, 0.25) is 5.91 Å². The number of hydrazine groups is 1. The standard InChI is InChI=1S/C15H20N2O4/c1-2-6-12(15(20)21)9-10-13(18)16-17-14(19)11-7-4-3-5-8-11/h3-5,7-8,12H,2,6,9-10H2,1H3,(H,16,18)(H,17,19)(H,20,21)/p-1/t12-/m0/s1. The summed E-state index contributed by atoms with van der Waals surface area (Å²) in [6.45, 7) is 1.87. The Bertz CT molecular complexity index is 488. The largest absolute Gasteiger partial charge is 0.550 e. The van der Waals surface area contributed by atoms with Crippen LogP contribution in [0.2, 0.25) is 0 Å². The first-order valence-electron chi connectivity index (χ1n) is 6.89. The van der Waals surface area contributed by atoms with Crippen molar-refractivity contribution in [3.05, 3.63) is 35.9 Å². The molecule has 6 heteroatoms. The predicted molar refractivity (Wildman–Crippen MR) is 74.7 cm³/mol. The second-order valence-corrected chi connectivity index (χ2v) is 4.71. The minimum absolute atomic E-state index is 0.0215. The maximum absolute atomic E-state index is 11.7. The first-order valence-corrected chi connectivity index (χ1v) is 6.89. The van der Waals surface area contributed by atoms with Crippen LogP contribution in [0.1, 0.15) is 43.0 Å². The van der Waals surface area contributed by atoms with Crippen molar-refractivity contribution in [1.29, 1.82) is 0 Å². The topological polar surface area (TPSA) is 98.3 Å². The fourth-order valence-electron chi connectivity index (χ4n) is 1.88. The van der Waals surface area contributed by atoms with E-state index in [0.29, 0.717) is 18.4 Å². The Kier molecular flexibility index (Phi) is 6.94. The summed E-state index contributed by atoms with van der Waals surface area (Å²) in [5, 5.41) is 10.8. The third-order valence-electron chi connectivity index (χ3n) is 3.04. The van der Waals surface area contributed by atoms with Crippen LogP contribution in [0, 0.1) is 5.92 Å². The summed E-state index contributed by atoms with van der Waals surface area (Å²) in [7, 11) is 0. The zero-order valence-electron chi connectivity index (χ0n) is 11.9. The van der Waals surface area contributed by atoms with Gasteiger partial charge in [-0.3, -0.25) is 20.4 Å². The summed E-state index contributed by atoms with van der Waals surface area (Å²) < 4.78 is 0. The fourth-order valence-corrected chi connectivity index (χ4v) is 1.88. The van der Waals surface area contributed by atoms with E-state index in [9.17, 15) is 19.5 Å². The summed E-state index contributed by atoms with van der Waals surface area (Å²) in [5.41, 5.74) is 4.97. The van der Waals surface area contributed by atoms with Crippen LogP contribution in [0.3, 0.4) is 0 Å². The zero-order valence-corrected chi connectivity index (χ0v) is 11.9. The van der Waals surface area contributed by atoms with Crippen molar-refractivity contribution in [1.82, 2.24) is 10.9 Å². The van der Waals surface area contributed by atoms with Crippen LogP contribution in [-0.4, -0.2) is 17.8 Å². The van der Waals surface area contributed by atoms with Crippen molar-refractivity contribution in [3.63, 3.8) is 0 Å². The van der Waals surface area contributed by atoms with Crippen molar-refractivity contribution in [2.75, 3.05) is 0 Å². The van der Waals surface area contributed by atoms with E-state index in [0.717, 1.165) is 0 Å². The maximum Gasteiger partial charge on any atom is 0.269 e. The minimum Gasteiger partial charge on any atom is -0.550 e. The number of nitrogens with one attached hydrogen (secondary N) is 2. The number of benzene rings is 1. The molecule has 6 nitrogen and oxygen atoms in total. The molecule has 2 N–H and O–H groups in total. The number of hydrogen-bond donors (Lipinski definition) is 2. The first kappa shape index (κ1) is 16.7. The van der Waals surface area contributed by atoms with Gasteiger partial charge in [0.15, 0.2) is 0 Å². The van der Waals surface area contributed by atoms with Crippen molar-refractivity contribution >= 4 is 17.8 Å². The smallest absolute Gasteiger partial charge is 0.269 e. The minimum atomic E-state index is -1.14. The third-order valence-corrected chi connectivity index (χ3v) is 3.04. The molecule has 0 spiro atoms. The summed E-state index contributed by atoms with van der Waals surface area (Å²) in [6, 6.07) is 8.45. The normalized spacial score (nSPS) is 11.5. The van der Waals surface area contributed by atoms with E-state index < -0.39 is 23.7 Å². The number of amides is 2. The molecule has 1 rings (SSSR count). The number of hydrogen-bond acceptors (Lipinski definition) is 4. The number of rotatable bonds is 7. The summed E-state index contributed by atoms with van der Waals surface area (Å²) in [4.78, 5) is 34.1. The number of aliphatic carboxylic acids is 1. The molecule has 0 radical (unpaired) electrons. The van der Waals surface area contributed by atoms with Crippen LogP contribution < -0.4 is 16.0 Å². The van der Waals surface area contributed by atoms with Gasteiger partial charge in [0, 0.05) is 18.0 Å². The zero-order chi connectivity index (χ0) is 15.7. The SMILES string of the molecule is CCC[C@@H](CCC(=O)NNC(=O)c1ccccc1)C(=O)[O-]. The Hall–Kier alpha value is -2.37. The van der Waals surface area contributed by atoms with Gasteiger partial charge in [-0.1, -0.05) is 31.5 Å². The Morgan fingerprint density at radius 1 is 1.10 bits per heavy atom. The lowest BCUT2D eigenvalue weighted by Gasteiger charge is -2.16. The molecule has 1 aromatic carbocycles. The molecule has 1 atom stereocenters. The molecule has 21 heavy (non-hydrogen) atoms. The molecule has 0 fully saturated rings. The molecule has 0 aliphatic heterocycles. The number of carboxylic acid groups (broad SMARTS) is 1. The average molecular weight is 291 g/mol. The summed E-state index contributed by atoms with van der Waals surface area (Å²) >= 11 is 0. The molecule has 0 aliphatic carbocycles. The van der Waals surface area contributed by atoms with Gasteiger partial charge in [0.25, 0.3) is 5.91 Å². The van der Waals surface area contributed by atoms with Gasteiger partial charge in [-0.05, 0) is 30.9 Å². The van der Waals surface area contributed by atoms with Gasteiger partial charge >= 0.3 is 0 Å². The van der Waals surface area contributed by atoms with Crippen LogP contribution in [0.4, 0.5) is 0 Å². The highest BCUT2D eigenvalue weighted by Gasteiger charge is 2.12. The van der Waals surface area contributed by atoms with Gasteiger partial charge in [0.1, 0.15) is 0 Å². The second-order valence-electron chi connectivity index (χ2n) is 4.71. The third kappa shape index (κ3) is 6.07. The Balaban J connectivity index is 2.34. The van der Waals surface area contributed by atoms with E-state index >= 15 is 0 Å². The van der Waals surface area contributed by atoms with Crippen molar-refractivity contribution in [2.24, 2.45) is 5.92 Å². The van der Waals surface area contributed by atoms with Crippen LogP contribution in [0.25, 0.3) is 0 Å². The first-order chi connectivity index (χ1) is 10.0. The number of carbonyl (C=O) groups excluding carboxylic acids is 3. The molecular formula is C15H19N2O4-. The lowest BCUT2D eigenvalue weighted by atomic mass is 9.98. The van der Waals surface area contributed by atoms with Gasteiger partial charge < -0.3 is 9.90 Å². The van der Waals surface area contributed by atoms with Crippen LogP contribution in [0.15, 0.2) is 30.3 Å². The van der Waals surface area contributed by atoms with Crippen molar-refractivity contribution < 1.29 is 19.5 Å². The molecule has 0 aromatic heterocycles. The van der Waals surface area contributed by atoms with Gasteiger partial charge in [-0.2, -0.15) is 0 Å². The highest BCUT2D eigenvalue weighted by molar-refractivity contribution is 5.95. The predicted octanol–water partition coefficient (Wildman–Crippen LogP) is 0.394. The van der Waals surface area contributed by atoms with E-state index in [-0.39, 0.29) is 12.8 Å². The van der Waals surface area contributed by atoms with Crippen molar-refractivity contribution in [2.45, 2.75) is 32.6 Å². The van der Waals surface area contributed by atoms with Crippen LogP contribution in [-0.2, 0) is 9.59 Å². The van der Waals surface area contributed by atoms with E-state index in [4.69, 9.17) is 0 Å². The second kappa shape index (κ2) is 8.73. The Labute approximate surface area is 123 Å². The van der Waals surface area contributed by atoms with Gasteiger partial charge in [-0.25, -0.2) is 0 Å². The highest BCUT2D eigenvalue weighted by atomic mass is 16.4. The molecule has 0 saturated carbocycles. The molecule has 0 bridgehead atoms.